The van der Waals surface area contributed by atoms with Gasteiger partial charge in [0.05, 0.1) is 0 Å². The molecule has 0 fully saturated rings. The molecule has 1 N–H and O–H groups in total. The van der Waals surface area contributed by atoms with E-state index < -0.39 is 0 Å². The third-order valence-corrected chi connectivity index (χ3v) is 9.87. The van der Waals surface area contributed by atoms with Crippen molar-refractivity contribution in [3.05, 3.63) is 144 Å². The molecule has 51 heavy (non-hydrogen) atoms. The molecule has 1 radical (unpaired) electrons. The summed E-state index contributed by atoms with van der Waals surface area (Å²) in [6, 6.07) is 37.3. The molecule has 0 spiro atoms. The fourth-order valence-corrected chi connectivity index (χ4v) is 5.11. The zero-order valence-corrected chi connectivity index (χ0v) is 34.2. The molecule has 5 heteroatoms. The quantitative estimate of drug-likeness (QED) is 0.0863. The Morgan fingerprint density at radius 1 is 0.647 bits per heavy atom. The fraction of sp³-hybridized carbons (Fsp3) is 0.326. The Morgan fingerprint density at radius 3 is 1.55 bits per heavy atom. The Kier molecular flexibility index (Phi) is 17.4. The molecular formula is C46H54IrN2O2-2. The van der Waals surface area contributed by atoms with Crippen LogP contribution in [0.25, 0.3) is 33.6 Å². The summed E-state index contributed by atoms with van der Waals surface area (Å²) in [5.41, 5.74) is 9.50. The maximum atomic E-state index is 12.2. The van der Waals surface area contributed by atoms with Crippen LogP contribution in [0.1, 0.15) is 83.9 Å². The minimum absolute atomic E-state index is 0. The van der Waals surface area contributed by atoms with Crippen LogP contribution in [0.4, 0.5) is 0 Å². The van der Waals surface area contributed by atoms with Gasteiger partial charge in [-0.15, -0.1) is 65.2 Å². The molecule has 0 atom stereocenters. The Hall–Kier alpha value is -4.18. The van der Waals surface area contributed by atoms with Crippen LogP contribution in [-0.2, 0) is 24.9 Å². The number of aryl methyl sites for hydroxylation is 3. The van der Waals surface area contributed by atoms with Crippen LogP contribution in [0.5, 0.6) is 0 Å². The molecule has 0 aliphatic rings. The molecule has 4 nitrogen and oxygen atoms in total. The number of pyridine rings is 2. The van der Waals surface area contributed by atoms with Crippen molar-refractivity contribution in [2.75, 3.05) is 0 Å². The first-order chi connectivity index (χ1) is 23.9. The predicted molar refractivity (Wildman–Crippen MR) is 210 cm³/mol. The molecule has 5 rings (SSSR count). The summed E-state index contributed by atoms with van der Waals surface area (Å²) < 4.78 is 0. The number of aliphatic hydroxyl groups excluding tert-OH is 1. The normalized spacial score (nSPS) is 11.3. The van der Waals surface area contributed by atoms with Crippen LogP contribution < -0.4 is 0 Å². The number of rotatable bonds is 10. The Labute approximate surface area is 320 Å². The average molecular weight is 859 g/mol. The molecule has 0 saturated heterocycles. The van der Waals surface area contributed by atoms with Crippen LogP contribution in [-0.4, -0.2) is 20.9 Å². The van der Waals surface area contributed by atoms with E-state index in [-0.39, 0.29) is 42.5 Å². The number of allylic oxidation sites excluding steroid dienone is 2. The maximum absolute atomic E-state index is 12.2. The predicted octanol–water partition coefficient (Wildman–Crippen LogP) is 12.3. The number of aliphatic hydroxyl groups is 1. The van der Waals surface area contributed by atoms with E-state index in [2.05, 4.69) is 91.4 Å². The van der Waals surface area contributed by atoms with Crippen LogP contribution in [0.3, 0.4) is 0 Å². The summed E-state index contributed by atoms with van der Waals surface area (Å²) in [6.45, 7) is 18.3. The van der Waals surface area contributed by atoms with Crippen molar-refractivity contribution in [1.29, 1.82) is 0 Å². The molecule has 2 heterocycles. The average Bonchev–Trinajstić information content (AvgIpc) is 3.15. The van der Waals surface area contributed by atoms with E-state index in [1.807, 2.05) is 96.4 Å². The summed E-state index contributed by atoms with van der Waals surface area (Å²) in [7, 11) is 0. The molecule has 0 unspecified atom stereocenters. The number of hydrogen-bond acceptors (Lipinski definition) is 4. The summed E-state index contributed by atoms with van der Waals surface area (Å²) >= 11 is 0. The smallest absolute Gasteiger partial charge is 0.164 e. The number of aromatic nitrogens is 2. The second kappa shape index (κ2) is 20.6. The van der Waals surface area contributed by atoms with Gasteiger partial charge in [-0.25, -0.2) is 0 Å². The van der Waals surface area contributed by atoms with E-state index >= 15 is 0 Å². The monoisotopic (exact) mass is 859 g/mol. The number of carbonyl (C=O) groups is 1. The molecule has 3 aromatic carbocycles. The fourth-order valence-electron chi connectivity index (χ4n) is 5.11. The maximum Gasteiger partial charge on any atom is 0.164 e. The van der Waals surface area contributed by atoms with Gasteiger partial charge in [0.15, 0.2) is 5.78 Å². The summed E-state index contributed by atoms with van der Waals surface area (Å²) in [4.78, 5) is 20.9. The van der Waals surface area contributed by atoms with Crippen molar-refractivity contribution in [1.82, 2.24) is 9.97 Å². The van der Waals surface area contributed by atoms with Crippen LogP contribution >= 0.6 is 0 Å². The Balaban J connectivity index is 0.000000266. The number of carbonyl (C=O) groups excluding carboxylic acids is 1. The molecule has 0 aliphatic carbocycles. The van der Waals surface area contributed by atoms with E-state index in [1.54, 1.807) is 0 Å². The van der Waals surface area contributed by atoms with Crippen LogP contribution in [0.2, 0.25) is 0 Å². The van der Waals surface area contributed by atoms with Crippen molar-refractivity contribution < 1.29 is 30.0 Å². The second-order valence-electron chi connectivity index (χ2n) is 13.5. The van der Waals surface area contributed by atoms with E-state index in [4.69, 9.17) is 0 Å². The number of hydrogen-bond donors (Lipinski definition) is 1. The SMILES string of the molecule is CCC(C)(CC)C(=O)/C=C(\O)C(C)(CC)CC.Cc1c[c-]c(-c2cc(C)ccn2)cc1.Cc1ccnc(-c2[c-]cc(-c3ccccc3)cc2)c1.[Ir]. The second-order valence-corrected chi connectivity index (χ2v) is 13.5. The zero-order chi connectivity index (χ0) is 36.7. The van der Waals surface area contributed by atoms with Crippen LogP contribution in [0, 0.1) is 43.7 Å². The molecule has 0 amide bonds. The summed E-state index contributed by atoms with van der Waals surface area (Å²) in [5, 5.41) is 10.1. The van der Waals surface area contributed by atoms with Gasteiger partial charge in [-0.2, -0.15) is 0 Å². The minimum atomic E-state index is -0.337. The molecule has 5 aromatic rings. The van der Waals surface area contributed by atoms with Gasteiger partial charge >= 0.3 is 0 Å². The molecule has 2 aromatic heterocycles. The summed E-state index contributed by atoms with van der Waals surface area (Å²) in [5.74, 6) is 0.286. The first kappa shape index (κ1) is 43.0. The largest absolute Gasteiger partial charge is 0.512 e. The van der Waals surface area contributed by atoms with E-state index in [0.717, 1.165) is 48.2 Å². The Bertz CT molecular complexity index is 1810. The summed E-state index contributed by atoms with van der Waals surface area (Å²) in [6.07, 6.45) is 8.42. The van der Waals surface area contributed by atoms with Crippen molar-refractivity contribution in [2.24, 2.45) is 10.8 Å². The number of nitrogens with zero attached hydrogens (tertiary/aromatic N) is 2. The van der Waals surface area contributed by atoms with Gasteiger partial charge in [0.25, 0.3) is 0 Å². The standard InChI is InChI=1S/C18H14N.C15H28O2.C13H12N.Ir/c1-14-11-12-19-18(13-14)17-9-7-16(8-10-17)15-5-3-2-4-6-15;1-7-14(5,8-2)12(16)11-13(17)15(6,9-3)10-4;1-10-3-5-12(6-4-10)13-9-11(2)7-8-14-13;/h2-9,11-13H,1H3;11,16H,7-10H2,1-6H3;3-5,7-9H,1-2H3;/q-1;;-1;/b;12-11-;;. The van der Waals surface area contributed by atoms with Gasteiger partial charge < -0.3 is 15.1 Å². The zero-order valence-electron chi connectivity index (χ0n) is 31.8. The minimum Gasteiger partial charge on any atom is -0.512 e. The van der Waals surface area contributed by atoms with Crippen LogP contribution in [0.15, 0.2) is 115 Å². The van der Waals surface area contributed by atoms with Crippen molar-refractivity contribution in [3.63, 3.8) is 0 Å². The molecule has 0 bridgehead atoms. The molecule has 0 saturated carbocycles. The Morgan fingerprint density at radius 2 is 1.14 bits per heavy atom. The van der Waals surface area contributed by atoms with Gasteiger partial charge in [0.1, 0.15) is 5.76 Å². The van der Waals surface area contributed by atoms with E-state index in [1.165, 1.54) is 33.9 Å². The number of ketones is 1. The van der Waals surface area contributed by atoms with Crippen molar-refractivity contribution in [3.8, 4) is 33.6 Å². The van der Waals surface area contributed by atoms with Gasteiger partial charge in [0, 0.05) is 49.4 Å². The van der Waals surface area contributed by atoms with E-state index in [9.17, 15) is 9.90 Å². The third kappa shape index (κ3) is 12.5. The van der Waals surface area contributed by atoms with E-state index in [0.29, 0.717) is 0 Å². The topological polar surface area (TPSA) is 63.1 Å². The third-order valence-electron chi connectivity index (χ3n) is 9.87. The van der Waals surface area contributed by atoms with Crippen molar-refractivity contribution in [2.45, 2.75) is 88.0 Å². The van der Waals surface area contributed by atoms with Gasteiger partial charge in [0.2, 0.25) is 0 Å². The first-order valence-electron chi connectivity index (χ1n) is 17.7. The van der Waals surface area contributed by atoms with Gasteiger partial charge in [-0.05, 0) is 63.1 Å². The van der Waals surface area contributed by atoms with Gasteiger partial charge in [-0.1, -0.05) is 113 Å². The molecule has 271 valence electrons. The number of benzene rings is 3. The molecular weight excluding hydrogens is 805 g/mol. The molecule has 0 aliphatic heterocycles. The van der Waals surface area contributed by atoms with Crippen molar-refractivity contribution >= 4 is 5.78 Å². The first-order valence-corrected chi connectivity index (χ1v) is 17.7. The van der Waals surface area contributed by atoms with Gasteiger partial charge in [-0.3, -0.25) is 4.79 Å².